The summed E-state index contributed by atoms with van der Waals surface area (Å²) in [5, 5.41) is 21.2. The lowest BCUT2D eigenvalue weighted by molar-refractivity contribution is 0.450. The molecule has 0 aliphatic carbocycles. The molecular weight excluding hydrogens is 240 g/mol. The molecule has 0 radical (unpaired) electrons. The van der Waals surface area contributed by atoms with Crippen LogP contribution < -0.4 is 5.32 Å². The lowest BCUT2D eigenvalue weighted by atomic mass is 10.0. The van der Waals surface area contributed by atoms with Crippen LogP contribution in [0.4, 0.5) is 0 Å². The van der Waals surface area contributed by atoms with Gasteiger partial charge in [0.2, 0.25) is 0 Å². The second kappa shape index (κ2) is 6.18. The van der Waals surface area contributed by atoms with Crippen molar-refractivity contribution in [3.8, 4) is 6.07 Å². The molecule has 1 rings (SSSR count). The third-order valence-electron chi connectivity index (χ3n) is 2.15. The Hall–Kier alpha value is -0.640. The van der Waals surface area contributed by atoms with Crippen molar-refractivity contribution in [1.82, 2.24) is 15.5 Å². The van der Waals surface area contributed by atoms with Crippen molar-refractivity contribution in [1.29, 1.82) is 5.26 Å². The van der Waals surface area contributed by atoms with Gasteiger partial charge in [-0.3, -0.25) is 5.32 Å². The van der Waals surface area contributed by atoms with Crippen molar-refractivity contribution < 1.29 is 0 Å². The molecule has 4 nitrogen and oxygen atoms in total. The van der Waals surface area contributed by atoms with Gasteiger partial charge in [0.05, 0.1) is 6.07 Å². The summed E-state index contributed by atoms with van der Waals surface area (Å²) in [6, 6.07) is 2.31. The van der Waals surface area contributed by atoms with Gasteiger partial charge in [0.25, 0.3) is 0 Å². The minimum absolute atomic E-state index is 0.429. The molecule has 1 aromatic heterocycles. The van der Waals surface area contributed by atoms with E-state index in [2.05, 4.69) is 21.6 Å². The molecule has 88 valence electrons. The molecule has 1 unspecified atom stereocenters. The largest absolute Gasteiger partial charge is 0.300 e. The third-order valence-corrected chi connectivity index (χ3v) is 4.12. The lowest BCUT2D eigenvalue weighted by Crippen LogP contribution is -2.41. The van der Waals surface area contributed by atoms with Crippen LogP contribution in [0.5, 0.6) is 0 Å². The Morgan fingerprint density at radius 2 is 2.31 bits per heavy atom. The van der Waals surface area contributed by atoms with Crippen LogP contribution in [0, 0.1) is 18.3 Å². The van der Waals surface area contributed by atoms with Crippen LogP contribution in [0.15, 0.2) is 4.34 Å². The molecule has 0 aliphatic heterocycles. The average Bonchev–Trinajstić information content (AvgIpc) is 2.65. The third kappa shape index (κ3) is 4.08. The van der Waals surface area contributed by atoms with Gasteiger partial charge in [-0.1, -0.05) is 30.0 Å². The molecule has 0 spiro atoms. The van der Waals surface area contributed by atoms with Gasteiger partial charge in [-0.05, 0) is 26.8 Å². The fourth-order valence-corrected chi connectivity index (χ4v) is 3.30. The number of nitriles is 1. The maximum absolute atomic E-state index is 9.07. The number of aryl methyl sites for hydroxylation is 1. The predicted octanol–water partition coefficient (Wildman–Crippen LogP) is 2.22. The van der Waals surface area contributed by atoms with Gasteiger partial charge < -0.3 is 0 Å². The summed E-state index contributed by atoms with van der Waals surface area (Å²) < 4.78 is 0.981. The van der Waals surface area contributed by atoms with E-state index in [-0.39, 0.29) is 0 Å². The van der Waals surface area contributed by atoms with Gasteiger partial charge >= 0.3 is 0 Å². The Labute approximate surface area is 104 Å². The molecule has 0 aromatic carbocycles. The van der Waals surface area contributed by atoms with Crippen LogP contribution in [-0.4, -0.2) is 28.0 Å². The topological polar surface area (TPSA) is 61.6 Å². The van der Waals surface area contributed by atoms with E-state index in [0.29, 0.717) is 0 Å². The number of aromatic nitrogens is 2. The van der Waals surface area contributed by atoms with Crippen LogP contribution in [-0.2, 0) is 0 Å². The molecule has 0 amide bonds. The van der Waals surface area contributed by atoms with Gasteiger partial charge in [-0.15, -0.1) is 10.2 Å². The van der Waals surface area contributed by atoms with Gasteiger partial charge in [0, 0.05) is 5.75 Å². The van der Waals surface area contributed by atoms with Crippen LogP contribution in [0.2, 0.25) is 0 Å². The van der Waals surface area contributed by atoms with E-state index in [1.54, 1.807) is 23.1 Å². The zero-order chi connectivity index (χ0) is 12.0. The molecule has 0 fully saturated rings. The summed E-state index contributed by atoms with van der Waals surface area (Å²) in [4.78, 5) is 0. The zero-order valence-corrected chi connectivity index (χ0v) is 11.4. The van der Waals surface area contributed by atoms with E-state index < -0.39 is 5.54 Å². The maximum atomic E-state index is 9.07. The molecule has 0 saturated carbocycles. The minimum atomic E-state index is -0.429. The number of hydrogen-bond donors (Lipinski definition) is 1. The van der Waals surface area contributed by atoms with Crippen molar-refractivity contribution >= 4 is 23.1 Å². The molecular formula is C10H16N4S2. The van der Waals surface area contributed by atoms with Crippen molar-refractivity contribution in [3.63, 3.8) is 0 Å². The fraction of sp³-hybridized carbons (Fsp3) is 0.700. The smallest absolute Gasteiger partial charge is 0.174 e. The van der Waals surface area contributed by atoms with Crippen LogP contribution in [0.3, 0.4) is 0 Å². The number of nitrogens with zero attached hydrogens (tertiary/aromatic N) is 3. The van der Waals surface area contributed by atoms with Crippen molar-refractivity contribution in [3.05, 3.63) is 5.01 Å². The first kappa shape index (κ1) is 13.4. The zero-order valence-electron chi connectivity index (χ0n) is 9.78. The van der Waals surface area contributed by atoms with E-state index in [1.807, 2.05) is 20.8 Å². The minimum Gasteiger partial charge on any atom is -0.300 e. The molecule has 16 heavy (non-hydrogen) atoms. The molecule has 0 aliphatic rings. The van der Waals surface area contributed by atoms with Crippen molar-refractivity contribution in [2.24, 2.45) is 0 Å². The summed E-state index contributed by atoms with van der Waals surface area (Å²) >= 11 is 3.26. The van der Waals surface area contributed by atoms with E-state index in [1.165, 1.54) is 0 Å². The maximum Gasteiger partial charge on any atom is 0.174 e. The molecule has 1 aromatic rings. The SMILES string of the molecule is CCNC(C)(C#N)CCSc1nnc(C)s1. The van der Waals surface area contributed by atoms with Crippen LogP contribution in [0.1, 0.15) is 25.3 Å². The van der Waals surface area contributed by atoms with Gasteiger partial charge in [-0.2, -0.15) is 5.26 Å². The second-order valence-electron chi connectivity index (χ2n) is 3.66. The summed E-state index contributed by atoms with van der Waals surface area (Å²) in [5.41, 5.74) is -0.429. The first-order chi connectivity index (χ1) is 7.59. The Kier molecular flexibility index (Phi) is 5.19. The Balaban J connectivity index is 2.37. The monoisotopic (exact) mass is 256 g/mol. The van der Waals surface area contributed by atoms with E-state index in [9.17, 15) is 0 Å². The normalized spacial score (nSPS) is 14.4. The lowest BCUT2D eigenvalue weighted by Gasteiger charge is -2.21. The highest BCUT2D eigenvalue weighted by Gasteiger charge is 2.21. The van der Waals surface area contributed by atoms with Gasteiger partial charge in [-0.25, -0.2) is 0 Å². The van der Waals surface area contributed by atoms with Crippen molar-refractivity contribution in [2.45, 2.75) is 37.1 Å². The standard InChI is InChI=1S/C10H16N4S2/c1-4-12-10(3,7-11)5-6-15-9-14-13-8(2)16-9/h12H,4-6H2,1-3H3. The Morgan fingerprint density at radius 3 is 2.81 bits per heavy atom. The molecule has 0 bridgehead atoms. The highest BCUT2D eigenvalue weighted by atomic mass is 32.2. The van der Waals surface area contributed by atoms with Gasteiger partial charge in [0.1, 0.15) is 10.5 Å². The van der Waals surface area contributed by atoms with E-state index in [4.69, 9.17) is 5.26 Å². The van der Waals surface area contributed by atoms with Gasteiger partial charge in [0.15, 0.2) is 4.34 Å². The van der Waals surface area contributed by atoms with Crippen molar-refractivity contribution in [2.75, 3.05) is 12.3 Å². The molecule has 1 heterocycles. The Bertz CT molecular complexity index is 371. The summed E-state index contributed by atoms with van der Waals surface area (Å²) in [5.74, 6) is 0.881. The first-order valence-corrected chi connectivity index (χ1v) is 6.99. The number of hydrogen-bond acceptors (Lipinski definition) is 6. The van der Waals surface area contributed by atoms with Crippen LogP contribution >= 0.6 is 23.1 Å². The molecule has 0 saturated heterocycles. The fourth-order valence-electron chi connectivity index (χ4n) is 1.25. The highest BCUT2D eigenvalue weighted by molar-refractivity contribution is 8.01. The quantitative estimate of drug-likeness (QED) is 0.791. The van der Waals surface area contributed by atoms with E-state index in [0.717, 1.165) is 28.1 Å². The van der Waals surface area contributed by atoms with E-state index >= 15 is 0 Å². The van der Waals surface area contributed by atoms with Crippen LogP contribution in [0.25, 0.3) is 0 Å². The first-order valence-electron chi connectivity index (χ1n) is 5.19. The Morgan fingerprint density at radius 1 is 1.56 bits per heavy atom. The predicted molar refractivity (Wildman–Crippen MR) is 67.7 cm³/mol. The summed E-state index contributed by atoms with van der Waals surface area (Å²) in [6.45, 7) is 6.70. The molecule has 1 N–H and O–H groups in total. The average molecular weight is 256 g/mol. The number of rotatable bonds is 6. The second-order valence-corrected chi connectivity index (χ2v) is 6.18. The summed E-state index contributed by atoms with van der Waals surface area (Å²) in [6.07, 6.45) is 0.806. The highest BCUT2D eigenvalue weighted by Crippen LogP contribution is 2.24. The number of nitrogens with one attached hydrogen (secondary N) is 1. The molecule has 6 heteroatoms. The summed E-state index contributed by atoms with van der Waals surface area (Å²) in [7, 11) is 0. The molecule has 1 atom stereocenters. The number of thioether (sulfide) groups is 1.